The van der Waals surface area contributed by atoms with Crippen LogP contribution in [-0.4, -0.2) is 0 Å². The average molecular weight is 82.1 g/mol. The van der Waals surface area contributed by atoms with Gasteiger partial charge < -0.3 is 0 Å². The summed E-state index contributed by atoms with van der Waals surface area (Å²) < 4.78 is 0. The van der Waals surface area contributed by atoms with Crippen molar-refractivity contribution in [2.45, 2.75) is 20.3 Å². The highest BCUT2D eigenvalue weighted by atomic mass is 13.9. The maximum atomic E-state index is 5.22. The highest BCUT2D eigenvalue weighted by Gasteiger charge is 1.90. The van der Waals surface area contributed by atoms with Gasteiger partial charge in [-0.2, -0.15) is 0 Å². The summed E-state index contributed by atoms with van der Waals surface area (Å²) in [6.07, 6.45) is 3.71. The van der Waals surface area contributed by atoms with E-state index < -0.39 is 0 Å². The van der Waals surface area contributed by atoms with Gasteiger partial charge in [0.05, 0.1) is 0 Å². The van der Waals surface area contributed by atoms with Crippen molar-refractivity contribution in [1.82, 2.24) is 0 Å². The average Bonchev–Trinajstić information content (AvgIpc) is 1.65. The molecule has 0 aromatic heterocycles. The standard InChI is InChI=1S/C6H10/c1-4-6(3)5-2/h1,6H,4H2,2-3H3/t6-/m1/s1. The van der Waals surface area contributed by atoms with Crippen molar-refractivity contribution in [1.29, 1.82) is 0 Å². The summed E-state index contributed by atoms with van der Waals surface area (Å²) in [6.45, 7) is 9.16. The van der Waals surface area contributed by atoms with Crippen molar-refractivity contribution < 1.29 is 0 Å². The molecule has 6 heavy (non-hydrogen) atoms. The molecule has 0 unspecified atom stereocenters. The second-order valence-corrected chi connectivity index (χ2v) is 1.43. The van der Waals surface area contributed by atoms with Crippen molar-refractivity contribution in [2.75, 3.05) is 0 Å². The van der Waals surface area contributed by atoms with Gasteiger partial charge in [0.25, 0.3) is 0 Å². The summed E-state index contributed by atoms with van der Waals surface area (Å²) in [5.41, 5.74) is 0. The normalized spacial score (nSPS) is 10.0. The molecule has 0 nitrogen and oxygen atoms in total. The van der Waals surface area contributed by atoms with E-state index in [1.165, 1.54) is 0 Å². The number of hydrogen-bond donors (Lipinski definition) is 0. The molecule has 0 aromatic rings. The zero-order valence-electron chi connectivity index (χ0n) is 4.36. The Bertz CT molecular complexity index is 19.2. The predicted octanol–water partition coefficient (Wildman–Crippen LogP) is 1.82. The molecule has 0 fully saturated rings. The molecule has 0 N–H and O–H groups in total. The third kappa shape index (κ3) is 2.25. The van der Waals surface area contributed by atoms with Crippen LogP contribution in [0.3, 0.4) is 0 Å². The molecule has 0 aliphatic rings. The molecule has 0 aromatic carbocycles. The molecule has 4 radical (unpaired) electrons. The van der Waals surface area contributed by atoms with Crippen LogP contribution in [-0.2, 0) is 0 Å². The summed E-state index contributed by atoms with van der Waals surface area (Å²) >= 11 is 0. The van der Waals surface area contributed by atoms with Crippen molar-refractivity contribution >= 4 is 0 Å². The second kappa shape index (κ2) is 3.20. The van der Waals surface area contributed by atoms with E-state index in [-0.39, 0.29) is 0 Å². The molecule has 0 aliphatic carbocycles. The first-order valence-electron chi connectivity index (χ1n) is 2.18. The second-order valence-electron chi connectivity index (χ2n) is 1.43. The van der Waals surface area contributed by atoms with Gasteiger partial charge in [0, 0.05) is 0 Å². The summed E-state index contributed by atoms with van der Waals surface area (Å²) in [6, 6.07) is 0. The lowest BCUT2D eigenvalue weighted by Gasteiger charge is -1.97. The van der Waals surface area contributed by atoms with Crippen molar-refractivity contribution in [3.05, 3.63) is 13.3 Å². The summed E-state index contributed by atoms with van der Waals surface area (Å²) in [4.78, 5) is 0. The molecule has 0 heteroatoms. The zero-order chi connectivity index (χ0) is 4.99. The van der Waals surface area contributed by atoms with E-state index in [4.69, 9.17) is 6.92 Å². The highest BCUT2D eigenvalue weighted by Crippen LogP contribution is 2.01. The van der Waals surface area contributed by atoms with Gasteiger partial charge in [0.15, 0.2) is 0 Å². The third-order valence-corrected chi connectivity index (χ3v) is 0.846. The van der Waals surface area contributed by atoms with Gasteiger partial charge in [-0.3, -0.25) is 0 Å². The molecule has 0 bridgehead atoms. The zero-order valence-corrected chi connectivity index (χ0v) is 4.36. The van der Waals surface area contributed by atoms with Crippen LogP contribution in [0.5, 0.6) is 0 Å². The third-order valence-electron chi connectivity index (χ3n) is 0.846. The summed E-state index contributed by atoms with van der Waals surface area (Å²) in [7, 11) is 0. The lowest BCUT2D eigenvalue weighted by Crippen LogP contribution is -1.86. The van der Waals surface area contributed by atoms with Crippen LogP contribution in [0.1, 0.15) is 20.3 Å². The molecular weight excluding hydrogens is 72.1 g/mol. The van der Waals surface area contributed by atoms with E-state index >= 15 is 0 Å². The first kappa shape index (κ1) is 6.00. The van der Waals surface area contributed by atoms with Crippen LogP contribution in [0, 0.1) is 19.3 Å². The fourth-order valence-electron chi connectivity index (χ4n) is 0.118. The van der Waals surface area contributed by atoms with E-state index in [1.54, 1.807) is 0 Å². The number of hydrogen-bond acceptors (Lipinski definition) is 0. The SMILES string of the molecule is [CH]C[C@@H](C)[C]C. The molecule has 0 spiro atoms. The monoisotopic (exact) mass is 82.1 g/mol. The molecule has 34 valence electrons. The van der Waals surface area contributed by atoms with E-state index in [2.05, 4.69) is 6.42 Å². The van der Waals surface area contributed by atoms with E-state index in [0.717, 1.165) is 6.42 Å². The smallest absolute Gasteiger partial charge is 0.0176 e. The maximum absolute atomic E-state index is 5.22. The molecule has 0 heterocycles. The van der Waals surface area contributed by atoms with Crippen molar-refractivity contribution in [2.24, 2.45) is 5.92 Å². The Labute approximate surface area is 40.6 Å². The predicted molar refractivity (Wildman–Crippen MR) is 27.0 cm³/mol. The molecule has 0 rings (SSSR count). The molecular formula is C6H10. The quantitative estimate of drug-likeness (QED) is 0.476. The van der Waals surface area contributed by atoms with Crippen molar-refractivity contribution in [3.8, 4) is 0 Å². The minimum absolute atomic E-state index is 0.463. The molecule has 0 saturated heterocycles. The van der Waals surface area contributed by atoms with Crippen LogP contribution in [0.15, 0.2) is 0 Å². The van der Waals surface area contributed by atoms with Crippen LogP contribution in [0.25, 0.3) is 0 Å². The Hall–Kier alpha value is 0. The minimum atomic E-state index is 0.463. The molecule has 1 atom stereocenters. The Morgan fingerprint density at radius 3 is 2.33 bits per heavy atom. The Morgan fingerprint density at radius 1 is 1.83 bits per heavy atom. The molecule has 0 aliphatic heterocycles. The maximum Gasteiger partial charge on any atom is -0.0176 e. The number of rotatable bonds is 2. The van der Waals surface area contributed by atoms with Gasteiger partial charge in [-0.15, -0.1) is 0 Å². The van der Waals surface area contributed by atoms with E-state index in [0.29, 0.717) is 5.92 Å². The first-order valence-corrected chi connectivity index (χ1v) is 2.18. The fourth-order valence-corrected chi connectivity index (χ4v) is 0.118. The van der Waals surface area contributed by atoms with Crippen LogP contribution in [0.4, 0.5) is 0 Å². The highest BCUT2D eigenvalue weighted by molar-refractivity contribution is 4.65. The van der Waals surface area contributed by atoms with Crippen LogP contribution < -0.4 is 0 Å². The fraction of sp³-hybridized carbons (Fsp3) is 0.667. The topological polar surface area (TPSA) is 0 Å². The first-order chi connectivity index (χ1) is 2.81. The van der Waals surface area contributed by atoms with Gasteiger partial charge in [0.2, 0.25) is 0 Å². The van der Waals surface area contributed by atoms with Crippen molar-refractivity contribution in [3.63, 3.8) is 0 Å². The van der Waals surface area contributed by atoms with Gasteiger partial charge in [-0.25, -0.2) is 0 Å². The molecule has 0 saturated carbocycles. The lowest BCUT2D eigenvalue weighted by atomic mass is 10.1. The summed E-state index contributed by atoms with van der Waals surface area (Å²) in [5, 5.41) is 0. The largest absolute Gasteiger partial charge is 0.0619 e. The minimum Gasteiger partial charge on any atom is -0.0619 e. The van der Waals surface area contributed by atoms with Gasteiger partial charge in [-0.05, 0) is 25.7 Å². The van der Waals surface area contributed by atoms with Crippen LogP contribution in [0.2, 0.25) is 0 Å². The van der Waals surface area contributed by atoms with Gasteiger partial charge >= 0.3 is 0 Å². The van der Waals surface area contributed by atoms with Gasteiger partial charge in [0.1, 0.15) is 0 Å². The Morgan fingerprint density at radius 2 is 2.33 bits per heavy atom. The Kier molecular flexibility index (Phi) is 3.20. The van der Waals surface area contributed by atoms with E-state index in [1.807, 2.05) is 13.8 Å². The van der Waals surface area contributed by atoms with Gasteiger partial charge in [-0.1, -0.05) is 13.8 Å². The summed E-state index contributed by atoms with van der Waals surface area (Å²) in [5.74, 6) is 0.463. The van der Waals surface area contributed by atoms with Crippen LogP contribution >= 0.6 is 0 Å². The Balaban J connectivity index is 2.75. The molecule has 0 amide bonds. The van der Waals surface area contributed by atoms with E-state index in [9.17, 15) is 0 Å². The lowest BCUT2D eigenvalue weighted by molar-refractivity contribution is 0.686.